The maximum absolute atomic E-state index is 13.6. The van der Waals surface area contributed by atoms with Gasteiger partial charge in [0.15, 0.2) is 0 Å². The normalized spacial score (nSPS) is 18.1. The topological polar surface area (TPSA) is 72.2 Å². The van der Waals surface area contributed by atoms with Crippen LogP contribution in [0.5, 0.6) is 0 Å². The lowest BCUT2D eigenvalue weighted by Gasteiger charge is -2.31. The molecule has 0 aliphatic heterocycles. The first-order valence-electron chi connectivity index (χ1n) is 6.39. The lowest BCUT2D eigenvalue weighted by Crippen LogP contribution is -2.40. The van der Waals surface area contributed by atoms with Crippen LogP contribution < -0.4 is 10.5 Å². The Bertz CT molecular complexity index is 559. The van der Waals surface area contributed by atoms with Crippen molar-refractivity contribution >= 4 is 15.7 Å². The standard InChI is InChI=1S/C13H19FN2O2S/c1-8-12(14)6-11(7-13(8)15)19(17,18)16-9(2)10-4-3-5-10/h6-7,9-10,16H,3-5,15H2,1-2H3. The Hall–Kier alpha value is -1.14. The van der Waals surface area contributed by atoms with Crippen LogP contribution >= 0.6 is 0 Å². The van der Waals surface area contributed by atoms with Crippen LogP contribution in [0, 0.1) is 18.7 Å². The molecule has 0 saturated heterocycles. The summed E-state index contributed by atoms with van der Waals surface area (Å²) in [6, 6.07) is 2.18. The molecule has 0 radical (unpaired) electrons. The molecule has 1 aromatic carbocycles. The average molecular weight is 286 g/mol. The van der Waals surface area contributed by atoms with Gasteiger partial charge in [-0.3, -0.25) is 0 Å². The summed E-state index contributed by atoms with van der Waals surface area (Å²) >= 11 is 0. The highest BCUT2D eigenvalue weighted by atomic mass is 32.2. The monoisotopic (exact) mass is 286 g/mol. The van der Waals surface area contributed by atoms with E-state index in [-0.39, 0.29) is 22.2 Å². The number of hydrogen-bond acceptors (Lipinski definition) is 3. The second-order valence-corrected chi connectivity index (χ2v) is 6.93. The van der Waals surface area contributed by atoms with Crippen molar-refractivity contribution in [3.63, 3.8) is 0 Å². The van der Waals surface area contributed by atoms with Gasteiger partial charge in [0.2, 0.25) is 10.0 Å². The van der Waals surface area contributed by atoms with Gasteiger partial charge in [-0.05, 0) is 44.7 Å². The molecule has 1 aromatic rings. The number of halogens is 1. The fourth-order valence-electron chi connectivity index (χ4n) is 2.18. The summed E-state index contributed by atoms with van der Waals surface area (Å²) < 4.78 is 40.5. The van der Waals surface area contributed by atoms with Gasteiger partial charge in [0, 0.05) is 17.3 Å². The Balaban J connectivity index is 2.24. The van der Waals surface area contributed by atoms with Crippen LogP contribution in [0.15, 0.2) is 17.0 Å². The largest absolute Gasteiger partial charge is 0.398 e. The molecule has 0 aromatic heterocycles. The molecular weight excluding hydrogens is 267 g/mol. The van der Waals surface area contributed by atoms with Crippen molar-refractivity contribution in [1.82, 2.24) is 4.72 Å². The van der Waals surface area contributed by atoms with E-state index >= 15 is 0 Å². The van der Waals surface area contributed by atoms with E-state index in [1.165, 1.54) is 13.0 Å². The van der Waals surface area contributed by atoms with E-state index in [1.54, 1.807) is 0 Å². The number of sulfonamides is 1. The Labute approximate surface area is 113 Å². The smallest absolute Gasteiger partial charge is 0.240 e. The van der Waals surface area contributed by atoms with Crippen LogP contribution in [0.4, 0.5) is 10.1 Å². The van der Waals surface area contributed by atoms with Gasteiger partial charge in [0.25, 0.3) is 0 Å². The average Bonchev–Trinajstić information content (AvgIpc) is 2.21. The van der Waals surface area contributed by atoms with Gasteiger partial charge in [0.05, 0.1) is 4.90 Å². The van der Waals surface area contributed by atoms with Crippen molar-refractivity contribution in [2.45, 2.75) is 44.0 Å². The number of rotatable bonds is 4. The summed E-state index contributed by atoms with van der Waals surface area (Å²) in [4.78, 5) is -0.112. The Morgan fingerprint density at radius 1 is 1.42 bits per heavy atom. The third kappa shape index (κ3) is 2.90. The molecule has 6 heteroatoms. The summed E-state index contributed by atoms with van der Waals surface area (Å²) in [6.07, 6.45) is 3.21. The molecule has 1 aliphatic rings. The van der Waals surface area contributed by atoms with E-state index in [2.05, 4.69) is 4.72 Å². The Morgan fingerprint density at radius 2 is 2.05 bits per heavy atom. The summed E-state index contributed by atoms with van der Waals surface area (Å²) in [5, 5.41) is 0. The highest BCUT2D eigenvalue weighted by molar-refractivity contribution is 7.89. The highest BCUT2D eigenvalue weighted by Crippen LogP contribution is 2.30. The first-order chi connectivity index (χ1) is 8.81. The zero-order valence-corrected chi connectivity index (χ0v) is 11.9. The number of anilines is 1. The molecule has 1 unspecified atom stereocenters. The van der Waals surface area contributed by atoms with E-state index in [9.17, 15) is 12.8 Å². The fourth-order valence-corrected chi connectivity index (χ4v) is 3.54. The minimum absolute atomic E-state index is 0.112. The second kappa shape index (κ2) is 5.09. The Morgan fingerprint density at radius 3 is 2.53 bits per heavy atom. The lowest BCUT2D eigenvalue weighted by molar-refractivity contribution is 0.260. The predicted octanol–water partition coefficient (Wildman–Crippen LogP) is 2.18. The van der Waals surface area contributed by atoms with Crippen LogP contribution in [-0.2, 0) is 10.0 Å². The zero-order chi connectivity index (χ0) is 14.2. The molecular formula is C13H19FN2O2S. The van der Waals surface area contributed by atoms with Gasteiger partial charge >= 0.3 is 0 Å². The number of hydrogen-bond donors (Lipinski definition) is 2. The molecule has 4 nitrogen and oxygen atoms in total. The second-order valence-electron chi connectivity index (χ2n) is 5.22. The van der Waals surface area contributed by atoms with Gasteiger partial charge < -0.3 is 5.73 Å². The number of nitrogen functional groups attached to an aromatic ring is 1. The van der Waals surface area contributed by atoms with Crippen molar-refractivity contribution in [3.8, 4) is 0 Å². The maximum atomic E-state index is 13.6. The predicted molar refractivity (Wildman–Crippen MR) is 72.7 cm³/mol. The number of nitrogens with one attached hydrogen (secondary N) is 1. The molecule has 1 saturated carbocycles. The summed E-state index contributed by atoms with van der Waals surface area (Å²) in [6.45, 7) is 3.36. The van der Waals surface area contributed by atoms with E-state index in [0.717, 1.165) is 25.3 Å². The molecule has 0 heterocycles. The maximum Gasteiger partial charge on any atom is 0.240 e. The molecule has 0 spiro atoms. The van der Waals surface area contributed by atoms with Crippen LogP contribution in [-0.4, -0.2) is 14.5 Å². The van der Waals surface area contributed by atoms with E-state index in [1.807, 2.05) is 6.92 Å². The van der Waals surface area contributed by atoms with Gasteiger partial charge in [-0.2, -0.15) is 0 Å². The number of benzene rings is 1. The molecule has 3 N–H and O–H groups in total. The highest BCUT2D eigenvalue weighted by Gasteiger charge is 2.28. The third-order valence-electron chi connectivity index (χ3n) is 3.87. The van der Waals surface area contributed by atoms with Crippen LogP contribution in [0.25, 0.3) is 0 Å². The summed E-state index contributed by atoms with van der Waals surface area (Å²) in [5.41, 5.74) is 6.03. The molecule has 106 valence electrons. The SMILES string of the molecule is Cc1c(N)cc(S(=O)(=O)NC(C)C2CCC2)cc1F. The molecule has 1 atom stereocenters. The first-order valence-corrected chi connectivity index (χ1v) is 7.87. The summed E-state index contributed by atoms with van der Waals surface area (Å²) in [5.74, 6) is -0.223. The third-order valence-corrected chi connectivity index (χ3v) is 5.40. The quantitative estimate of drug-likeness (QED) is 0.833. The first kappa shape index (κ1) is 14.3. The van der Waals surface area contributed by atoms with Crippen LogP contribution in [0.1, 0.15) is 31.7 Å². The molecule has 19 heavy (non-hydrogen) atoms. The molecule has 0 bridgehead atoms. The zero-order valence-electron chi connectivity index (χ0n) is 11.1. The van der Waals surface area contributed by atoms with Crippen molar-refractivity contribution < 1.29 is 12.8 Å². The molecule has 0 amide bonds. The molecule has 1 aliphatic carbocycles. The minimum atomic E-state index is -3.71. The molecule has 1 fully saturated rings. The number of nitrogens with two attached hydrogens (primary N) is 1. The lowest BCUT2D eigenvalue weighted by atomic mass is 9.81. The van der Waals surface area contributed by atoms with Crippen molar-refractivity contribution in [2.24, 2.45) is 5.92 Å². The van der Waals surface area contributed by atoms with Gasteiger partial charge in [0.1, 0.15) is 5.82 Å². The molecule has 2 rings (SSSR count). The fraction of sp³-hybridized carbons (Fsp3) is 0.538. The van der Waals surface area contributed by atoms with Crippen molar-refractivity contribution in [2.75, 3.05) is 5.73 Å². The van der Waals surface area contributed by atoms with Crippen LogP contribution in [0.2, 0.25) is 0 Å². The van der Waals surface area contributed by atoms with Crippen LogP contribution in [0.3, 0.4) is 0 Å². The van der Waals surface area contributed by atoms with Gasteiger partial charge in [-0.25, -0.2) is 17.5 Å². The van der Waals surface area contributed by atoms with E-state index in [4.69, 9.17) is 5.73 Å². The van der Waals surface area contributed by atoms with Crippen molar-refractivity contribution in [1.29, 1.82) is 0 Å². The Kier molecular flexibility index (Phi) is 3.82. The summed E-state index contributed by atoms with van der Waals surface area (Å²) in [7, 11) is -3.71. The van der Waals surface area contributed by atoms with Gasteiger partial charge in [-0.15, -0.1) is 0 Å². The minimum Gasteiger partial charge on any atom is -0.398 e. The van der Waals surface area contributed by atoms with Gasteiger partial charge in [-0.1, -0.05) is 6.42 Å². The van der Waals surface area contributed by atoms with E-state index < -0.39 is 15.8 Å². The van der Waals surface area contributed by atoms with Crippen molar-refractivity contribution in [3.05, 3.63) is 23.5 Å². The van der Waals surface area contributed by atoms with E-state index in [0.29, 0.717) is 5.92 Å².